The van der Waals surface area contributed by atoms with Crippen molar-refractivity contribution in [3.8, 4) is 0 Å². The highest BCUT2D eigenvalue weighted by Crippen LogP contribution is 2.21. The molecule has 1 nitrogen and oxygen atoms in total. The van der Waals surface area contributed by atoms with Gasteiger partial charge in [0.15, 0.2) is 0 Å². The molecule has 0 saturated carbocycles. The Hall–Kier alpha value is -1.31. The maximum Gasteiger partial charge on any atom is 0.0409 e. The minimum Gasteiger partial charge on any atom is -0.313 e. The molecule has 2 heteroatoms. The van der Waals surface area contributed by atoms with Crippen LogP contribution in [0.2, 0.25) is 5.02 Å². The molecule has 0 fully saturated rings. The lowest BCUT2D eigenvalue weighted by atomic mass is 9.98. The van der Waals surface area contributed by atoms with Crippen molar-refractivity contribution in [1.29, 1.82) is 0 Å². The van der Waals surface area contributed by atoms with E-state index in [0.29, 0.717) is 6.04 Å². The summed E-state index contributed by atoms with van der Waals surface area (Å²) in [6, 6.07) is 17.0. The molecule has 2 aromatic carbocycles. The second-order valence-electron chi connectivity index (χ2n) is 4.59. The number of halogens is 1. The van der Waals surface area contributed by atoms with Crippen LogP contribution in [0, 0.1) is 6.92 Å². The van der Waals surface area contributed by atoms with E-state index in [-0.39, 0.29) is 0 Å². The molecule has 0 aliphatic heterocycles. The van der Waals surface area contributed by atoms with Gasteiger partial charge < -0.3 is 5.32 Å². The second-order valence-corrected chi connectivity index (χ2v) is 5.02. The fourth-order valence-electron chi connectivity index (χ4n) is 2.07. The normalized spacial score (nSPS) is 12.4. The van der Waals surface area contributed by atoms with Crippen LogP contribution in [0.15, 0.2) is 48.5 Å². The molecule has 0 aliphatic rings. The van der Waals surface area contributed by atoms with Crippen LogP contribution in [-0.2, 0) is 6.42 Å². The van der Waals surface area contributed by atoms with Gasteiger partial charge in [-0.3, -0.25) is 0 Å². The van der Waals surface area contributed by atoms with Gasteiger partial charge >= 0.3 is 0 Å². The summed E-state index contributed by atoms with van der Waals surface area (Å²) in [6.07, 6.45) is 0.969. The molecular formula is C16H18ClN. The van der Waals surface area contributed by atoms with Crippen molar-refractivity contribution in [1.82, 2.24) is 5.32 Å². The van der Waals surface area contributed by atoms with E-state index in [1.54, 1.807) is 0 Å². The van der Waals surface area contributed by atoms with Gasteiger partial charge in [0.1, 0.15) is 0 Å². The van der Waals surface area contributed by atoms with E-state index in [0.717, 1.165) is 11.4 Å². The molecule has 0 heterocycles. The SMILES string of the molecule is CNC(Cc1ccc(C)cc1)c1cccc(Cl)c1. The van der Waals surface area contributed by atoms with Crippen molar-refractivity contribution in [3.63, 3.8) is 0 Å². The molecule has 18 heavy (non-hydrogen) atoms. The molecule has 0 aliphatic carbocycles. The Kier molecular flexibility index (Phi) is 4.40. The highest BCUT2D eigenvalue weighted by molar-refractivity contribution is 6.30. The van der Waals surface area contributed by atoms with Crippen molar-refractivity contribution in [2.75, 3.05) is 7.05 Å². The molecule has 1 atom stereocenters. The number of nitrogens with one attached hydrogen (secondary N) is 1. The lowest BCUT2D eigenvalue weighted by Gasteiger charge is -2.17. The molecule has 0 radical (unpaired) electrons. The number of hydrogen-bond donors (Lipinski definition) is 1. The van der Waals surface area contributed by atoms with Crippen LogP contribution in [0.5, 0.6) is 0 Å². The molecule has 2 rings (SSSR count). The van der Waals surface area contributed by atoms with Crippen LogP contribution in [0.4, 0.5) is 0 Å². The van der Waals surface area contributed by atoms with E-state index in [1.807, 2.05) is 25.2 Å². The Labute approximate surface area is 114 Å². The standard InChI is InChI=1S/C16H18ClN/c1-12-6-8-13(9-7-12)10-16(18-2)14-4-3-5-15(17)11-14/h3-9,11,16,18H,10H2,1-2H3. The van der Waals surface area contributed by atoms with E-state index in [2.05, 4.69) is 42.6 Å². The fourth-order valence-corrected chi connectivity index (χ4v) is 2.27. The first kappa shape index (κ1) is 13.1. The largest absolute Gasteiger partial charge is 0.313 e. The minimum atomic E-state index is 0.298. The third-order valence-electron chi connectivity index (χ3n) is 3.16. The molecule has 0 spiro atoms. The van der Waals surface area contributed by atoms with Gasteiger partial charge in [-0.05, 0) is 43.7 Å². The summed E-state index contributed by atoms with van der Waals surface area (Å²) in [5.41, 5.74) is 3.85. The van der Waals surface area contributed by atoms with Crippen LogP contribution in [0.3, 0.4) is 0 Å². The molecule has 0 bridgehead atoms. The van der Waals surface area contributed by atoms with Gasteiger partial charge in [0, 0.05) is 11.1 Å². The van der Waals surface area contributed by atoms with Crippen molar-refractivity contribution < 1.29 is 0 Å². The summed E-state index contributed by atoms with van der Waals surface area (Å²) in [5.74, 6) is 0. The first-order chi connectivity index (χ1) is 8.69. The Morgan fingerprint density at radius 2 is 1.83 bits per heavy atom. The average Bonchev–Trinajstić information content (AvgIpc) is 2.38. The summed E-state index contributed by atoms with van der Waals surface area (Å²) >= 11 is 6.04. The number of benzene rings is 2. The summed E-state index contributed by atoms with van der Waals surface area (Å²) in [5, 5.41) is 4.14. The number of rotatable bonds is 4. The first-order valence-electron chi connectivity index (χ1n) is 6.17. The third kappa shape index (κ3) is 3.34. The van der Waals surface area contributed by atoms with Crippen molar-refractivity contribution >= 4 is 11.6 Å². The van der Waals surface area contributed by atoms with Crippen LogP contribution < -0.4 is 5.32 Å². The highest BCUT2D eigenvalue weighted by atomic mass is 35.5. The smallest absolute Gasteiger partial charge is 0.0409 e. The second kappa shape index (κ2) is 6.03. The third-order valence-corrected chi connectivity index (χ3v) is 3.40. The maximum atomic E-state index is 6.04. The molecule has 1 N–H and O–H groups in total. The van der Waals surface area contributed by atoms with Crippen molar-refractivity contribution in [2.24, 2.45) is 0 Å². The monoisotopic (exact) mass is 259 g/mol. The van der Waals surface area contributed by atoms with E-state index in [9.17, 15) is 0 Å². The predicted molar refractivity (Wildman–Crippen MR) is 78.1 cm³/mol. The minimum absolute atomic E-state index is 0.298. The molecule has 2 aromatic rings. The zero-order valence-corrected chi connectivity index (χ0v) is 11.5. The zero-order valence-electron chi connectivity index (χ0n) is 10.8. The zero-order chi connectivity index (χ0) is 13.0. The maximum absolute atomic E-state index is 6.04. The lowest BCUT2D eigenvalue weighted by Crippen LogP contribution is -2.18. The van der Waals surface area contributed by atoms with E-state index < -0.39 is 0 Å². The summed E-state index contributed by atoms with van der Waals surface area (Å²) in [4.78, 5) is 0. The molecule has 0 saturated heterocycles. The molecule has 0 aromatic heterocycles. The van der Waals surface area contributed by atoms with Gasteiger partial charge in [0.25, 0.3) is 0 Å². The Balaban J connectivity index is 2.17. The first-order valence-corrected chi connectivity index (χ1v) is 6.55. The Morgan fingerprint density at radius 1 is 1.11 bits per heavy atom. The van der Waals surface area contributed by atoms with Crippen LogP contribution in [0.25, 0.3) is 0 Å². The summed E-state index contributed by atoms with van der Waals surface area (Å²) in [7, 11) is 1.99. The highest BCUT2D eigenvalue weighted by Gasteiger charge is 2.10. The van der Waals surface area contributed by atoms with Crippen molar-refractivity contribution in [2.45, 2.75) is 19.4 Å². The van der Waals surface area contributed by atoms with E-state index in [4.69, 9.17) is 11.6 Å². The van der Waals surface area contributed by atoms with Gasteiger partial charge in [-0.1, -0.05) is 53.6 Å². The van der Waals surface area contributed by atoms with Gasteiger partial charge in [0.2, 0.25) is 0 Å². The van der Waals surface area contributed by atoms with E-state index in [1.165, 1.54) is 16.7 Å². The van der Waals surface area contributed by atoms with Crippen LogP contribution in [0.1, 0.15) is 22.7 Å². The quantitative estimate of drug-likeness (QED) is 0.870. The molecule has 0 amide bonds. The topological polar surface area (TPSA) is 12.0 Å². The van der Waals surface area contributed by atoms with Gasteiger partial charge in [-0.15, -0.1) is 0 Å². The van der Waals surface area contributed by atoms with Gasteiger partial charge in [-0.2, -0.15) is 0 Å². The molecule has 1 unspecified atom stereocenters. The van der Waals surface area contributed by atoms with Crippen molar-refractivity contribution in [3.05, 3.63) is 70.2 Å². The number of aryl methyl sites for hydroxylation is 1. The van der Waals surface area contributed by atoms with Gasteiger partial charge in [-0.25, -0.2) is 0 Å². The molecule has 94 valence electrons. The predicted octanol–water partition coefficient (Wildman–Crippen LogP) is 4.15. The van der Waals surface area contributed by atoms with Crippen LogP contribution >= 0.6 is 11.6 Å². The number of hydrogen-bond acceptors (Lipinski definition) is 1. The number of likely N-dealkylation sites (N-methyl/N-ethyl adjacent to an activating group) is 1. The lowest BCUT2D eigenvalue weighted by molar-refractivity contribution is 0.592. The Bertz CT molecular complexity index is 505. The van der Waals surface area contributed by atoms with Gasteiger partial charge in [0.05, 0.1) is 0 Å². The summed E-state index contributed by atoms with van der Waals surface area (Å²) in [6.45, 7) is 2.11. The Morgan fingerprint density at radius 3 is 2.44 bits per heavy atom. The van der Waals surface area contributed by atoms with E-state index >= 15 is 0 Å². The van der Waals surface area contributed by atoms with Crippen LogP contribution in [-0.4, -0.2) is 7.05 Å². The fraction of sp³-hybridized carbons (Fsp3) is 0.250. The summed E-state index contributed by atoms with van der Waals surface area (Å²) < 4.78 is 0. The average molecular weight is 260 g/mol. The molecular weight excluding hydrogens is 242 g/mol.